The third-order valence-electron chi connectivity index (χ3n) is 8.58. The fraction of sp³-hybridized carbons (Fsp3) is 0.536. The predicted octanol–water partition coefficient (Wildman–Crippen LogP) is 7.60. The van der Waals surface area contributed by atoms with Gasteiger partial charge >= 0.3 is 0 Å². The first-order valence-corrected chi connectivity index (χ1v) is 17.7. The molecule has 0 amide bonds. The van der Waals surface area contributed by atoms with Crippen LogP contribution in [0.25, 0.3) is 0 Å². The fourth-order valence-electron chi connectivity index (χ4n) is 5.32. The van der Waals surface area contributed by atoms with Gasteiger partial charge in [-0.1, -0.05) is 32.4 Å². The molecule has 4 rings (SSSR count). The normalized spacial score (nSPS) is 23.0. The van der Waals surface area contributed by atoms with E-state index in [2.05, 4.69) is 39.9 Å². The quantitative estimate of drug-likeness (QED) is 0.316. The number of sulfonamides is 1. The Hall–Kier alpha value is -1.83. The predicted molar refractivity (Wildman–Crippen MR) is 147 cm³/mol. The zero-order valence-electron chi connectivity index (χ0n) is 22.5. The minimum absolute atomic E-state index is 0.0466. The van der Waals surface area contributed by atoms with Gasteiger partial charge < -0.3 is 4.43 Å². The Bertz CT molecular complexity index is 1320. The number of benzene rings is 2. The monoisotopic (exact) mass is 580 g/mol. The van der Waals surface area contributed by atoms with Crippen molar-refractivity contribution in [1.82, 2.24) is 4.31 Å². The maximum Gasteiger partial charge on any atom is 0.243 e. The van der Waals surface area contributed by atoms with Gasteiger partial charge in [0.1, 0.15) is 17.7 Å². The Morgan fingerprint density at radius 1 is 1.11 bits per heavy atom. The lowest BCUT2D eigenvalue weighted by atomic mass is 9.82. The Labute approximate surface area is 230 Å². The van der Waals surface area contributed by atoms with Gasteiger partial charge in [0.05, 0.1) is 17.0 Å². The van der Waals surface area contributed by atoms with Crippen molar-refractivity contribution in [2.75, 3.05) is 0 Å². The van der Waals surface area contributed by atoms with Crippen LogP contribution >= 0.6 is 11.6 Å². The molecule has 0 N–H and O–H groups in total. The Morgan fingerprint density at radius 2 is 1.68 bits per heavy atom. The molecular weight excluding hydrogens is 546 g/mol. The van der Waals surface area contributed by atoms with E-state index < -0.39 is 53.6 Å². The maximum atomic E-state index is 14.3. The molecule has 1 saturated heterocycles. The number of rotatable bonds is 7. The van der Waals surface area contributed by atoms with Gasteiger partial charge in [-0.2, -0.15) is 9.57 Å². The van der Waals surface area contributed by atoms with Crippen LogP contribution in [0.3, 0.4) is 0 Å². The molecule has 10 heteroatoms. The van der Waals surface area contributed by atoms with E-state index >= 15 is 0 Å². The van der Waals surface area contributed by atoms with Crippen LogP contribution < -0.4 is 0 Å². The summed E-state index contributed by atoms with van der Waals surface area (Å²) in [6, 6.07) is 10.1. The molecule has 0 aromatic heterocycles. The second-order valence-corrected chi connectivity index (χ2v) is 19.1. The summed E-state index contributed by atoms with van der Waals surface area (Å²) in [5.74, 6) is -1.52. The molecule has 38 heavy (non-hydrogen) atoms. The van der Waals surface area contributed by atoms with Crippen molar-refractivity contribution in [3.63, 3.8) is 0 Å². The zero-order valence-corrected chi connectivity index (χ0v) is 25.0. The van der Waals surface area contributed by atoms with Crippen LogP contribution in [-0.4, -0.2) is 33.2 Å². The van der Waals surface area contributed by atoms with Gasteiger partial charge in [0, 0.05) is 22.5 Å². The average Bonchev–Trinajstić information content (AvgIpc) is 3.63. The summed E-state index contributed by atoms with van der Waals surface area (Å²) in [5, 5.41) is 10.6. The third-order valence-corrected chi connectivity index (χ3v) is 15.2. The molecule has 3 atom stereocenters. The smallest absolute Gasteiger partial charge is 0.243 e. The highest BCUT2D eigenvalue weighted by Gasteiger charge is 2.62. The molecule has 0 bridgehead atoms. The Balaban J connectivity index is 1.84. The van der Waals surface area contributed by atoms with E-state index in [1.165, 1.54) is 40.7 Å². The van der Waals surface area contributed by atoms with E-state index in [4.69, 9.17) is 16.0 Å². The van der Waals surface area contributed by atoms with Gasteiger partial charge in [-0.15, -0.1) is 0 Å². The summed E-state index contributed by atoms with van der Waals surface area (Å²) in [6.07, 6.45) is 2.07. The van der Waals surface area contributed by atoms with E-state index in [0.717, 1.165) is 6.07 Å². The number of halogens is 3. The first-order chi connectivity index (χ1) is 17.6. The van der Waals surface area contributed by atoms with Crippen LogP contribution in [-0.2, 0) is 14.4 Å². The van der Waals surface area contributed by atoms with E-state index in [1.807, 2.05) is 0 Å². The second-order valence-electron chi connectivity index (χ2n) is 12.1. The van der Waals surface area contributed by atoms with Crippen molar-refractivity contribution in [2.24, 2.45) is 5.41 Å². The molecule has 2 aromatic carbocycles. The van der Waals surface area contributed by atoms with Gasteiger partial charge in [0.25, 0.3) is 0 Å². The summed E-state index contributed by atoms with van der Waals surface area (Å²) in [5.41, 5.74) is -0.437. The van der Waals surface area contributed by atoms with Crippen molar-refractivity contribution in [1.29, 1.82) is 5.26 Å². The van der Waals surface area contributed by atoms with Gasteiger partial charge in [-0.25, -0.2) is 17.2 Å². The van der Waals surface area contributed by atoms with Crippen LogP contribution in [0.1, 0.15) is 64.5 Å². The number of hydrogen-bond acceptors (Lipinski definition) is 4. The summed E-state index contributed by atoms with van der Waals surface area (Å²) >= 11 is 6.04. The molecule has 206 valence electrons. The van der Waals surface area contributed by atoms with Crippen LogP contribution in [0.4, 0.5) is 8.78 Å². The third kappa shape index (κ3) is 5.43. The number of nitriles is 1. The van der Waals surface area contributed by atoms with Crippen LogP contribution in [0.2, 0.25) is 23.2 Å². The lowest BCUT2D eigenvalue weighted by Crippen LogP contribution is -2.55. The van der Waals surface area contributed by atoms with Crippen LogP contribution in [0.15, 0.2) is 47.4 Å². The van der Waals surface area contributed by atoms with Crippen molar-refractivity contribution in [2.45, 2.75) is 94.1 Å². The highest BCUT2D eigenvalue weighted by Crippen LogP contribution is 2.60. The Kier molecular flexibility index (Phi) is 7.89. The van der Waals surface area contributed by atoms with Crippen LogP contribution in [0, 0.1) is 28.4 Å². The lowest BCUT2D eigenvalue weighted by molar-refractivity contribution is 0.0503. The topological polar surface area (TPSA) is 70.4 Å². The van der Waals surface area contributed by atoms with Crippen molar-refractivity contribution in [3.05, 3.63) is 64.7 Å². The van der Waals surface area contributed by atoms with Crippen molar-refractivity contribution >= 4 is 29.9 Å². The second kappa shape index (κ2) is 10.3. The number of nitrogens with zero attached hydrogens (tertiary/aromatic N) is 2. The Morgan fingerprint density at radius 3 is 2.18 bits per heavy atom. The van der Waals surface area contributed by atoms with Crippen molar-refractivity contribution in [3.8, 4) is 6.07 Å². The minimum Gasteiger partial charge on any atom is -0.401 e. The van der Waals surface area contributed by atoms with Gasteiger partial charge in [0.15, 0.2) is 8.32 Å². The van der Waals surface area contributed by atoms with Gasteiger partial charge in [0.2, 0.25) is 10.0 Å². The van der Waals surface area contributed by atoms with E-state index in [-0.39, 0.29) is 15.5 Å². The molecule has 2 aromatic rings. The lowest BCUT2D eigenvalue weighted by Gasteiger charge is -2.47. The van der Waals surface area contributed by atoms with E-state index in [9.17, 15) is 22.5 Å². The highest BCUT2D eigenvalue weighted by atomic mass is 35.5. The molecule has 1 aliphatic heterocycles. The molecule has 1 unspecified atom stereocenters. The van der Waals surface area contributed by atoms with E-state index in [1.54, 1.807) is 0 Å². The summed E-state index contributed by atoms with van der Waals surface area (Å²) in [7, 11) is -6.49. The average molecular weight is 581 g/mol. The standard InChI is InChI=1S/C28H35ClF2N2O3SSi/c1-27(2,3)38(4,5)36-26(18-32)28(13-14-28)25-8-6-7-24(19-15-21(30)17-22(31)16-19)33(25)37(34,35)23-11-9-20(29)10-12-23/h9-12,15-17,24-26H,6-8,13-14H2,1-5H3/t24-,25+,26?/m1/s1. The number of piperidine rings is 1. The van der Waals surface area contributed by atoms with E-state index in [0.29, 0.717) is 37.1 Å². The zero-order chi connectivity index (χ0) is 28.1. The molecule has 0 radical (unpaired) electrons. The maximum absolute atomic E-state index is 14.3. The molecule has 1 saturated carbocycles. The first-order valence-electron chi connectivity index (χ1n) is 12.9. The molecule has 1 heterocycles. The molecule has 2 aliphatic rings. The molecule has 1 aliphatic carbocycles. The summed E-state index contributed by atoms with van der Waals surface area (Å²) in [4.78, 5) is 0.0466. The highest BCUT2D eigenvalue weighted by molar-refractivity contribution is 7.89. The van der Waals surface area contributed by atoms with Gasteiger partial charge in [-0.3, -0.25) is 0 Å². The SMILES string of the molecule is CC(C)(C)[Si](C)(C)OC(C#N)C1([C@@H]2CCC[C@H](c3cc(F)cc(F)c3)N2S(=O)(=O)c2ccc(Cl)cc2)CC1. The first kappa shape index (κ1) is 29.2. The summed E-state index contributed by atoms with van der Waals surface area (Å²) in [6.45, 7) is 10.4. The number of hydrogen-bond donors (Lipinski definition) is 0. The summed E-state index contributed by atoms with van der Waals surface area (Å²) < 4.78 is 65.2. The largest absolute Gasteiger partial charge is 0.401 e. The van der Waals surface area contributed by atoms with Crippen LogP contribution in [0.5, 0.6) is 0 Å². The molecule has 0 spiro atoms. The molecular formula is C28H35ClF2N2O3SSi. The molecule has 5 nitrogen and oxygen atoms in total. The molecule has 2 fully saturated rings. The minimum atomic E-state index is -4.13. The van der Waals surface area contributed by atoms with Crippen molar-refractivity contribution < 1.29 is 21.6 Å². The van der Waals surface area contributed by atoms with Gasteiger partial charge in [-0.05, 0) is 92.2 Å². The fourth-order valence-corrected chi connectivity index (χ4v) is 8.61.